The highest BCUT2D eigenvalue weighted by atomic mass is 19.2. The second-order valence-corrected chi connectivity index (χ2v) is 6.28. The van der Waals surface area contributed by atoms with Gasteiger partial charge in [0, 0.05) is 0 Å². The van der Waals surface area contributed by atoms with Gasteiger partial charge < -0.3 is 10.4 Å². The van der Waals surface area contributed by atoms with Gasteiger partial charge in [0.25, 0.3) is 5.91 Å². The van der Waals surface area contributed by atoms with Crippen molar-refractivity contribution in [1.82, 2.24) is 5.48 Å². The normalized spacial score (nSPS) is 13.9. The molecule has 1 saturated carbocycles. The van der Waals surface area contributed by atoms with E-state index in [-0.39, 0.29) is 24.5 Å². The summed E-state index contributed by atoms with van der Waals surface area (Å²) in [5.74, 6) is -3.66. The van der Waals surface area contributed by atoms with E-state index in [2.05, 4.69) is 5.32 Å². The number of carbonyl (C=O) groups is 1. The van der Waals surface area contributed by atoms with Gasteiger partial charge in [0.2, 0.25) is 0 Å². The first kappa shape index (κ1) is 19.2. The number of carbonyl (C=O) groups excluding carboxylic acids is 1. The zero-order valence-corrected chi connectivity index (χ0v) is 14.4. The van der Waals surface area contributed by atoms with Crippen molar-refractivity contribution in [3.63, 3.8) is 0 Å². The van der Waals surface area contributed by atoms with Gasteiger partial charge in [0.1, 0.15) is 5.82 Å². The maximum atomic E-state index is 14.4. The lowest BCUT2D eigenvalue weighted by Crippen LogP contribution is -2.26. The van der Waals surface area contributed by atoms with E-state index in [1.807, 2.05) is 5.48 Å². The molecule has 2 aromatic carbocycles. The first-order valence-corrected chi connectivity index (χ1v) is 8.58. The predicted octanol–water partition coefficient (Wildman–Crippen LogP) is 3.77. The third-order valence-corrected chi connectivity index (χ3v) is 4.53. The number of nitrogens with one attached hydrogen (secondary N) is 2. The van der Waals surface area contributed by atoms with Crippen LogP contribution in [0.3, 0.4) is 0 Å². The Morgan fingerprint density at radius 2 is 1.93 bits per heavy atom. The Kier molecular flexibility index (Phi) is 5.98. The summed E-state index contributed by atoms with van der Waals surface area (Å²) < 4.78 is 42.4. The molecule has 27 heavy (non-hydrogen) atoms. The Hall–Kier alpha value is -2.58. The average molecular weight is 380 g/mol. The highest BCUT2D eigenvalue weighted by Gasteiger charge is 2.22. The molecule has 0 unspecified atom stereocenters. The first-order valence-electron chi connectivity index (χ1n) is 8.58. The van der Waals surface area contributed by atoms with Gasteiger partial charge in [-0.25, -0.2) is 18.7 Å². The van der Waals surface area contributed by atoms with Gasteiger partial charge in [0.15, 0.2) is 11.6 Å². The van der Waals surface area contributed by atoms with E-state index in [1.165, 1.54) is 12.1 Å². The van der Waals surface area contributed by atoms with Crippen molar-refractivity contribution in [2.75, 3.05) is 18.5 Å². The number of benzene rings is 2. The molecule has 0 saturated heterocycles. The second kappa shape index (κ2) is 8.41. The van der Waals surface area contributed by atoms with E-state index in [0.717, 1.165) is 37.0 Å². The van der Waals surface area contributed by atoms with Gasteiger partial charge >= 0.3 is 0 Å². The van der Waals surface area contributed by atoms with Crippen molar-refractivity contribution in [2.24, 2.45) is 0 Å². The summed E-state index contributed by atoms with van der Waals surface area (Å²) in [6, 6.07) is 6.39. The van der Waals surface area contributed by atoms with Crippen LogP contribution in [-0.2, 0) is 4.84 Å². The van der Waals surface area contributed by atoms with E-state index in [0.29, 0.717) is 5.92 Å². The van der Waals surface area contributed by atoms with Crippen molar-refractivity contribution in [3.8, 4) is 0 Å². The molecule has 3 N–H and O–H groups in total. The highest BCUT2D eigenvalue weighted by molar-refractivity contribution is 6.00. The van der Waals surface area contributed by atoms with Crippen LogP contribution >= 0.6 is 0 Å². The van der Waals surface area contributed by atoms with Crippen molar-refractivity contribution in [2.45, 2.75) is 25.2 Å². The molecular formula is C19H19F3N2O3. The first-order chi connectivity index (χ1) is 13.0. The van der Waals surface area contributed by atoms with Crippen molar-refractivity contribution >= 4 is 17.3 Å². The minimum absolute atomic E-state index is 0.0760. The van der Waals surface area contributed by atoms with Crippen molar-refractivity contribution in [3.05, 3.63) is 58.9 Å². The summed E-state index contributed by atoms with van der Waals surface area (Å²) in [4.78, 5) is 16.8. The number of aliphatic hydroxyl groups excluding tert-OH is 1. The molecule has 0 heterocycles. The lowest BCUT2D eigenvalue weighted by molar-refractivity contribution is 0.0168. The van der Waals surface area contributed by atoms with Crippen LogP contribution in [-0.4, -0.2) is 24.2 Å². The third kappa shape index (κ3) is 4.23. The summed E-state index contributed by atoms with van der Waals surface area (Å²) in [5.41, 5.74) is 2.02. The van der Waals surface area contributed by atoms with Gasteiger partial charge in [-0.3, -0.25) is 9.63 Å². The quantitative estimate of drug-likeness (QED) is 0.505. The summed E-state index contributed by atoms with van der Waals surface area (Å²) >= 11 is 0. The van der Waals surface area contributed by atoms with Gasteiger partial charge in [-0.1, -0.05) is 12.5 Å². The van der Waals surface area contributed by atoms with Crippen molar-refractivity contribution in [1.29, 1.82) is 0 Å². The Morgan fingerprint density at radius 1 is 1.15 bits per heavy atom. The molecular weight excluding hydrogens is 361 g/mol. The van der Waals surface area contributed by atoms with E-state index in [9.17, 15) is 18.0 Å². The number of hydroxylamine groups is 1. The van der Waals surface area contributed by atoms with E-state index in [1.54, 1.807) is 6.07 Å². The van der Waals surface area contributed by atoms with Crippen LogP contribution in [0, 0.1) is 17.5 Å². The highest BCUT2D eigenvalue weighted by Crippen LogP contribution is 2.38. The molecule has 0 aromatic heterocycles. The van der Waals surface area contributed by atoms with E-state index >= 15 is 0 Å². The van der Waals surface area contributed by atoms with Crippen LogP contribution < -0.4 is 10.8 Å². The molecule has 0 radical (unpaired) electrons. The van der Waals surface area contributed by atoms with Crippen LogP contribution in [0.2, 0.25) is 0 Å². The third-order valence-electron chi connectivity index (χ3n) is 4.53. The molecule has 1 aliphatic rings. The Labute approximate surface area is 154 Å². The molecule has 0 bridgehead atoms. The topological polar surface area (TPSA) is 70.6 Å². The van der Waals surface area contributed by atoms with Crippen LogP contribution in [0.15, 0.2) is 30.3 Å². The minimum Gasteiger partial charge on any atom is -0.394 e. The Balaban J connectivity index is 1.87. The lowest BCUT2D eigenvalue weighted by atomic mass is 9.80. The Morgan fingerprint density at radius 3 is 2.56 bits per heavy atom. The molecule has 144 valence electrons. The molecule has 1 aliphatic carbocycles. The standard InChI is InChI=1S/C19H19F3N2O3/c20-14-6-5-13(19(26)24-27-9-8-25)18(17(14)22)23-16-7-4-12(10-15(16)21)11-2-1-3-11/h4-7,10-11,23,25H,1-3,8-9H2,(H,24,26). The molecule has 0 spiro atoms. The zero-order valence-electron chi connectivity index (χ0n) is 14.4. The van der Waals surface area contributed by atoms with Crippen molar-refractivity contribution < 1.29 is 27.9 Å². The summed E-state index contributed by atoms with van der Waals surface area (Å²) in [5, 5.41) is 11.1. The molecule has 0 atom stereocenters. The molecule has 3 rings (SSSR count). The maximum Gasteiger partial charge on any atom is 0.277 e. The maximum absolute atomic E-state index is 14.4. The van der Waals surface area contributed by atoms with Gasteiger partial charge in [-0.15, -0.1) is 0 Å². The summed E-state index contributed by atoms with van der Waals surface area (Å²) in [6.45, 7) is -0.503. The number of aliphatic hydroxyl groups is 1. The van der Waals surface area contributed by atoms with Gasteiger partial charge in [-0.05, 0) is 48.6 Å². The molecule has 1 fully saturated rings. The number of hydrogen-bond donors (Lipinski definition) is 3. The largest absolute Gasteiger partial charge is 0.394 e. The minimum atomic E-state index is -1.31. The van der Waals surface area contributed by atoms with E-state index < -0.39 is 29.0 Å². The SMILES string of the molecule is O=C(NOCCO)c1ccc(F)c(F)c1Nc1ccc(C2CCC2)cc1F. The number of anilines is 2. The Bertz CT molecular complexity index is 841. The summed E-state index contributed by atoms with van der Waals surface area (Å²) in [6.07, 6.45) is 3.11. The number of halogens is 3. The van der Waals surface area contributed by atoms with Gasteiger partial charge in [0.05, 0.1) is 30.2 Å². The van der Waals surface area contributed by atoms with Crippen LogP contribution in [0.25, 0.3) is 0 Å². The predicted molar refractivity (Wildman–Crippen MR) is 93.1 cm³/mol. The number of hydrogen-bond acceptors (Lipinski definition) is 4. The fraction of sp³-hybridized carbons (Fsp3) is 0.316. The second-order valence-electron chi connectivity index (χ2n) is 6.28. The molecule has 1 amide bonds. The molecule has 5 nitrogen and oxygen atoms in total. The number of amides is 1. The zero-order chi connectivity index (χ0) is 19.4. The molecule has 0 aliphatic heterocycles. The molecule has 8 heteroatoms. The smallest absolute Gasteiger partial charge is 0.277 e. The van der Waals surface area contributed by atoms with Crippen LogP contribution in [0.4, 0.5) is 24.5 Å². The fourth-order valence-electron chi connectivity index (χ4n) is 2.84. The monoisotopic (exact) mass is 380 g/mol. The number of rotatable bonds is 7. The lowest BCUT2D eigenvalue weighted by Gasteiger charge is -2.26. The van der Waals surface area contributed by atoms with Crippen LogP contribution in [0.1, 0.15) is 41.1 Å². The van der Waals surface area contributed by atoms with Crippen LogP contribution in [0.5, 0.6) is 0 Å². The van der Waals surface area contributed by atoms with E-state index in [4.69, 9.17) is 9.94 Å². The summed E-state index contributed by atoms with van der Waals surface area (Å²) in [7, 11) is 0. The van der Waals surface area contributed by atoms with Gasteiger partial charge in [-0.2, -0.15) is 0 Å². The molecule has 2 aromatic rings. The fourth-order valence-corrected chi connectivity index (χ4v) is 2.84. The average Bonchev–Trinajstić information content (AvgIpc) is 2.59.